The van der Waals surface area contributed by atoms with Crippen molar-refractivity contribution >= 4 is 34.0 Å². The monoisotopic (exact) mass is 460 g/mol. The Bertz CT molecular complexity index is 1510. The van der Waals surface area contributed by atoms with Gasteiger partial charge in [0.15, 0.2) is 5.75 Å². The Hall–Kier alpha value is -4.05. The Kier molecular flexibility index (Phi) is 5.84. The first-order chi connectivity index (χ1) is 14.4. The average Bonchev–Trinajstić information content (AvgIpc) is 2.72. The molecule has 3 aromatic heterocycles. The third kappa shape index (κ3) is 3.88. The van der Waals surface area contributed by atoms with Crippen LogP contribution in [0.4, 0.5) is 0 Å². The Labute approximate surface area is 181 Å². The maximum Gasteiger partial charge on any atom is 0.349 e. The van der Waals surface area contributed by atoms with E-state index in [2.05, 4.69) is 20.3 Å². The number of H-pyrrole nitrogens is 2. The van der Waals surface area contributed by atoms with Gasteiger partial charge in [0.1, 0.15) is 6.07 Å². The minimum atomic E-state index is -0.916. The maximum atomic E-state index is 12.1. The van der Waals surface area contributed by atoms with Gasteiger partial charge in [0.05, 0.1) is 26.5 Å². The van der Waals surface area contributed by atoms with Crippen molar-refractivity contribution < 1.29 is 4.74 Å². The van der Waals surface area contributed by atoms with E-state index in [-0.39, 0.29) is 33.5 Å². The molecule has 0 spiro atoms. The SMILES string of the molecule is N.N#Cc1nn(-c2cc(Cl)c(Oc3n[nH]c(=O)c4ccncc34)c(Cl)c2)c(=O)[nH]c1=O. The molecule has 3 heterocycles. The van der Waals surface area contributed by atoms with Crippen LogP contribution in [0, 0.1) is 11.3 Å². The summed E-state index contributed by atoms with van der Waals surface area (Å²) in [5.74, 6) is -0.00915. The molecule has 156 valence electrons. The number of rotatable bonds is 3. The molecule has 4 rings (SSSR count). The molecule has 0 atom stereocenters. The summed E-state index contributed by atoms with van der Waals surface area (Å²) in [6.07, 6.45) is 2.84. The van der Waals surface area contributed by atoms with E-state index < -0.39 is 22.5 Å². The molecule has 4 aromatic rings. The molecule has 0 unspecified atom stereocenters. The first-order valence-corrected chi connectivity index (χ1v) is 8.78. The lowest BCUT2D eigenvalue weighted by Gasteiger charge is -2.12. The number of hydrogen-bond acceptors (Lipinski definition) is 9. The van der Waals surface area contributed by atoms with E-state index in [0.29, 0.717) is 10.8 Å². The molecule has 0 amide bonds. The van der Waals surface area contributed by atoms with Crippen LogP contribution >= 0.6 is 23.2 Å². The quantitative estimate of drug-likeness (QED) is 0.407. The lowest BCUT2D eigenvalue weighted by atomic mass is 10.2. The lowest BCUT2D eigenvalue weighted by Crippen LogP contribution is -2.33. The number of benzene rings is 1. The first-order valence-electron chi connectivity index (χ1n) is 8.02. The molecule has 0 bridgehead atoms. The normalized spacial score (nSPS) is 10.4. The van der Waals surface area contributed by atoms with Crippen LogP contribution in [0.1, 0.15) is 5.69 Å². The number of hydrogen-bond donors (Lipinski definition) is 3. The molecule has 0 saturated carbocycles. The molecule has 0 aliphatic heterocycles. The van der Waals surface area contributed by atoms with Crippen molar-refractivity contribution in [3.05, 3.63) is 77.5 Å². The van der Waals surface area contributed by atoms with Crippen LogP contribution in [-0.2, 0) is 0 Å². The molecule has 14 heteroatoms. The predicted molar refractivity (Wildman–Crippen MR) is 110 cm³/mol. The van der Waals surface area contributed by atoms with E-state index >= 15 is 0 Å². The molecule has 0 saturated heterocycles. The summed E-state index contributed by atoms with van der Waals surface area (Å²) in [5, 5.41) is 19.4. The van der Waals surface area contributed by atoms with Gasteiger partial charge in [-0.2, -0.15) is 9.94 Å². The number of aromatic nitrogens is 6. The fourth-order valence-electron chi connectivity index (χ4n) is 2.57. The zero-order valence-corrected chi connectivity index (χ0v) is 16.7. The number of aromatic amines is 2. The highest BCUT2D eigenvalue weighted by molar-refractivity contribution is 6.37. The summed E-state index contributed by atoms with van der Waals surface area (Å²) in [6.45, 7) is 0. The molecule has 31 heavy (non-hydrogen) atoms. The Morgan fingerprint density at radius 1 is 1.10 bits per heavy atom. The Morgan fingerprint density at radius 2 is 1.81 bits per heavy atom. The Balaban J connectivity index is 0.00000272. The van der Waals surface area contributed by atoms with Crippen LogP contribution in [-0.4, -0.2) is 29.9 Å². The zero-order chi connectivity index (χ0) is 21.4. The second-order valence-electron chi connectivity index (χ2n) is 5.75. The van der Waals surface area contributed by atoms with Crippen LogP contribution in [0.3, 0.4) is 0 Å². The van der Waals surface area contributed by atoms with Crippen molar-refractivity contribution in [3.63, 3.8) is 0 Å². The molecule has 5 N–H and O–H groups in total. The molecular formula is C17H10Cl2N8O4. The number of nitriles is 1. The standard InChI is InChI=1S/C17H7Cl2N7O4.H3N/c18-10-3-7(26-17(29)22-15(28)12(5-20)25-26)4-11(19)13(10)30-16-9-6-21-2-1-8(9)14(27)23-24-16;/h1-4,6H,(H,23,27)(H,22,28,29);1H3. The molecule has 1 aromatic carbocycles. The lowest BCUT2D eigenvalue weighted by molar-refractivity contribution is 0.461. The number of nitrogens with one attached hydrogen (secondary N) is 2. The summed E-state index contributed by atoms with van der Waals surface area (Å²) in [5.41, 5.74) is -2.67. The van der Waals surface area contributed by atoms with Gasteiger partial charge in [0.2, 0.25) is 11.6 Å². The van der Waals surface area contributed by atoms with Gasteiger partial charge in [-0.3, -0.25) is 19.6 Å². The van der Waals surface area contributed by atoms with Crippen molar-refractivity contribution in [2.24, 2.45) is 0 Å². The minimum absolute atomic E-state index is 0. The van der Waals surface area contributed by atoms with Gasteiger partial charge in [-0.15, -0.1) is 10.2 Å². The van der Waals surface area contributed by atoms with Crippen molar-refractivity contribution in [1.29, 1.82) is 5.26 Å². The molecule has 0 radical (unpaired) electrons. The van der Waals surface area contributed by atoms with Gasteiger partial charge in [-0.25, -0.2) is 9.89 Å². The van der Waals surface area contributed by atoms with Crippen LogP contribution in [0.2, 0.25) is 10.0 Å². The molecule has 0 fully saturated rings. The zero-order valence-electron chi connectivity index (χ0n) is 15.2. The molecular weight excluding hydrogens is 451 g/mol. The van der Waals surface area contributed by atoms with E-state index in [4.69, 9.17) is 33.2 Å². The number of halogens is 2. The third-order valence-corrected chi connectivity index (χ3v) is 4.48. The number of pyridine rings is 1. The Morgan fingerprint density at radius 3 is 2.48 bits per heavy atom. The van der Waals surface area contributed by atoms with Crippen LogP contribution in [0.15, 0.2) is 45.0 Å². The van der Waals surface area contributed by atoms with Crippen LogP contribution in [0.25, 0.3) is 16.5 Å². The van der Waals surface area contributed by atoms with Crippen molar-refractivity contribution in [2.45, 2.75) is 0 Å². The van der Waals surface area contributed by atoms with Gasteiger partial charge in [-0.05, 0) is 18.2 Å². The minimum Gasteiger partial charge on any atom is -0.434 e. The van der Waals surface area contributed by atoms with Gasteiger partial charge < -0.3 is 10.9 Å². The van der Waals surface area contributed by atoms with E-state index in [1.54, 1.807) is 6.07 Å². The van der Waals surface area contributed by atoms with E-state index in [0.717, 1.165) is 4.68 Å². The van der Waals surface area contributed by atoms with Crippen LogP contribution < -0.4 is 27.7 Å². The summed E-state index contributed by atoms with van der Waals surface area (Å²) in [4.78, 5) is 41.4. The average molecular weight is 461 g/mol. The summed E-state index contributed by atoms with van der Waals surface area (Å²) in [6, 6.07) is 5.66. The van der Waals surface area contributed by atoms with Gasteiger partial charge in [-0.1, -0.05) is 23.2 Å². The van der Waals surface area contributed by atoms with Gasteiger partial charge in [0.25, 0.3) is 11.1 Å². The largest absolute Gasteiger partial charge is 0.434 e. The highest BCUT2D eigenvalue weighted by atomic mass is 35.5. The fourth-order valence-corrected chi connectivity index (χ4v) is 3.13. The van der Waals surface area contributed by atoms with E-state index in [9.17, 15) is 14.4 Å². The topological polar surface area (TPSA) is 194 Å². The first kappa shape index (κ1) is 21.7. The summed E-state index contributed by atoms with van der Waals surface area (Å²) >= 11 is 12.5. The summed E-state index contributed by atoms with van der Waals surface area (Å²) in [7, 11) is 0. The molecule has 0 aliphatic carbocycles. The number of ether oxygens (including phenoxy) is 1. The second kappa shape index (κ2) is 8.36. The van der Waals surface area contributed by atoms with Crippen molar-refractivity contribution in [2.75, 3.05) is 0 Å². The predicted octanol–water partition coefficient (Wildman–Crippen LogP) is 1.69. The molecule has 0 aliphatic rings. The summed E-state index contributed by atoms with van der Waals surface area (Å²) < 4.78 is 6.45. The molecule has 12 nitrogen and oxygen atoms in total. The van der Waals surface area contributed by atoms with Gasteiger partial charge >= 0.3 is 5.69 Å². The maximum absolute atomic E-state index is 12.1. The smallest absolute Gasteiger partial charge is 0.349 e. The van der Waals surface area contributed by atoms with Crippen molar-refractivity contribution in [3.8, 4) is 23.4 Å². The van der Waals surface area contributed by atoms with E-state index in [1.807, 2.05) is 4.98 Å². The third-order valence-electron chi connectivity index (χ3n) is 3.92. The highest BCUT2D eigenvalue weighted by Crippen LogP contribution is 2.38. The fraction of sp³-hybridized carbons (Fsp3) is 0. The van der Waals surface area contributed by atoms with Crippen LogP contribution in [0.5, 0.6) is 11.6 Å². The van der Waals surface area contributed by atoms with E-state index in [1.165, 1.54) is 30.6 Å². The number of nitrogens with zero attached hydrogens (tertiary/aromatic N) is 5. The highest BCUT2D eigenvalue weighted by Gasteiger charge is 2.17. The van der Waals surface area contributed by atoms with Gasteiger partial charge in [0, 0.05) is 12.4 Å². The number of fused-ring (bicyclic) bond motifs is 1. The second-order valence-corrected chi connectivity index (χ2v) is 6.57. The van der Waals surface area contributed by atoms with Crippen molar-refractivity contribution in [1.82, 2.24) is 36.1 Å².